The van der Waals surface area contributed by atoms with Crippen LogP contribution in [0.15, 0.2) is 146 Å². The summed E-state index contributed by atoms with van der Waals surface area (Å²) in [6.45, 7) is 32.1. The second-order valence-electron chi connectivity index (χ2n) is 28.1. The van der Waals surface area contributed by atoms with Gasteiger partial charge in [0.25, 0.3) is 0 Å². The Bertz CT molecular complexity index is 2800. The SMILES string of the molecule is CC(C)(C)c1ccc(-c2ccc(-c3ccc(C(C)(C)C)cc3)c3[cH-]c(CC4CCCCCC4)cc23)cc1.CC(C)(C)c1ccc(-c2ccc(-c3ccc(C(C)(C)C)cc3)c3[cH-]c(CC4CCCCCC4)cc23)cc1.C[Si](C)=[Zr+2].[Cl-].[Cl-]. The molecule has 0 heterocycles. The van der Waals surface area contributed by atoms with E-state index in [1.807, 2.05) is 0 Å². The fourth-order valence-electron chi connectivity index (χ4n) is 12.4. The molecule has 80 heavy (non-hydrogen) atoms. The van der Waals surface area contributed by atoms with Gasteiger partial charge >= 0.3 is 41.9 Å². The zero-order chi connectivity index (χ0) is 56.0. The molecule has 0 saturated heterocycles. The van der Waals surface area contributed by atoms with E-state index in [1.54, 1.807) is 23.3 Å². The molecule has 0 spiro atoms. The van der Waals surface area contributed by atoms with Crippen LogP contribution in [0.5, 0.6) is 0 Å². The van der Waals surface area contributed by atoms with Gasteiger partial charge in [0.1, 0.15) is 0 Å². The monoisotopic (exact) mass is 1200 g/mol. The Morgan fingerprint density at radius 1 is 0.362 bits per heavy atom. The summed E-state index contributed by atoms with van der Waals surface area (Å²) in [5.41, 5.74) is 20.2. The maximum Gasteiger partial charge on any atom is -1.00 e. The van der Waals surface area contributed by atoms with Crippen LogP contribution in [0.2, 0.25) is 13.1 Å². The summed E-state index contributed by atoms with van der Waals surface area (Å²) in [6, 6.07) is 56.6. The number of benzene rings is 6. The molecule has 0 N–H and O–H groups in total. The van der Waals surface area contributed by atoms with E-state index in [-0.39, 0.29) is 51.9 Å². The van der Waals surface area contributed by atoms with Gasteiger partial charge in [-0.25, -0.2) is 0 Å². The molecule has 10 rings (SSSR count). The molecule has 0 amide bonds. The molecule has 0 aliphatic heterocycles. The smallest absolute Gasteiger partial charge is 1.00 e. The fraction of sp³-hybridized carbons (Fsp3) is 0.447. The minimum atomic E-state index is 0. The molecule has 2 saturated carbocycles. The van der Waals surface area contributed by atoms with Gasteiger partial charge in [-0.05, 0) is 79.7 Å². The zero-order valence-electron chi connectivity index (χ0n) is 51.7. The van der Waals surface area contributed by atoms with Crippen LogP contribution in [0.3, 0.4) is 0 Å². The van der Waals surface area contributed by atoms with E-state index < -0.39 is 0 Å². The third-order valence-corrected chi connectivity index (χ3v) is 17.1. The first-order chi connectivity index (χ1) is 36.9. The molecule has 8 aromatic carbocycles. The Labute approximate surface area is 514 Å². The van der Waals surface area contributed by atoms with E-state index in [9.17, 15) is 0 Å². The van der Waals surface area contributed by atoms with E-state index >= 15 is 0 Å². The Hall–Kier alpha value is -3.78. The average Bonchev–Trinajstić information content (AvgIpc) is 3.82. The molecule has 0 unspecified atom stereocenters. The molecule has 0 atom stereocenters. The van der Waals surface area contributed by atoms with Gasteiger partial charge in [0.05, 0.1) is 0 Å². The molecule has 0 nitrogen and oxygen atoms in total. The van der Waals surface area contributed by atoms with Crippen LogP contribution < -0.4 is 24.8 Å². The molecule has 0 radical (unpaired) electrons. The Morgan fingerprint density at radius 2 is 0.588 bits per heavy atom. The van der Waals surface area contributed by atoms with Gasteiger partial charge < -0.3 is 24.8 Å². The van der Waals surface area contributed by atoms with Crippen LogP contribution in [0.4, 0.5) is 0 Å². The number of fused-ring (bicyclic) bond motifs is 2. The molecule has 8 aromatic rings. The molecule has 0 bridgehead atoms. The molecule has 2 aliphatic carbocycles. The first-order valence-electron chi connectivity index (χ1n) is 30.3. The van der Waals surface area contributed by atoms with Crippen molar-refractivity contribution >= 4 is 27.0 Å². The first kappa shape index (κ1) is 65.4. The largest absolute Gasteiger partial charge is 1.00 e. The summed E-state index contributed by atoms with van der Waals surface area (Å²) in [7, 11) is 0. The van der Waals surface area contributed by atoms with E-state index in [4.69, 9.17) is 0 Å². The third-order valence-electron chi connectivity index (χ3n) is 17.1. The summed E-state index contributed by atoms with van der Waals surface area (Å²) >= 11 is 1.74. The van der Waals surface area contributed by atoms with Crippen LogP contribution in [0.1, 0.15) is 194 Å². The van der Waals surface area contributed by atoms with Crippen LogP contribution in [0, 0.1) is 11.8 Å². The van der Waals surface area contributed by atoms with Gasteiger partial charge in [-0.1, -0.05) is 315 Å². The first-order valence-corrected chi connectivity index (χ1v) is 36.5. The number of hydrogen-bond donors (Lipinski definition) is 0. The number of halogens is 2. The van der Waals surface area contributed by atoms with Crippen molar-refractivity contribution in [2.75, 3.05) is 0 Å². The summed E-state index contributed by atoms with van der Waals surface area (Å²) in [5.74, 6) is 1.67. The summed E-state index contributed by atoms with van der Waals surface area (Å²) in [6.07, 6.45) is 19.3. The maximum atomic E-state index is 2.51. The summed E-state index contributed by atoms with van der Waals surface area (Å²) < 4.78 is 0. The number of rotatable bonds is 8. The predicted molar refractivity (Wildman–Crippen MR) is 343 cm³/mol. The van der Waals surface area contributed by atoms with Gasteiger partial charge in [0.15, 0.2) is 0 Å². The van der Waals surface area contributed by atoms with E-state index in [0.29, 0.717) is 0 Å². The predicted octanol–water partition coefficient (Wildman–Crippen LogP) is 16.8. The maximum absolute atomic E-state index is 2.51. The standard InChI is InChI=1S/2C37H45.C2H6Si.2ClH.Zr/c2*1-36(2,3)30-17-13-28(14-18-30)32-21-22-33(29-15-19-31(20-16-29)37(4,5)6)35-25-27(24-34(32)35)23-26-11-9-7-8-10-12-26;1-3-2;;;/h2*13-22,24-26H,7-12,23H2,1-6H3;1-2H3;2*1H;/q2*-1;;;;+2/p-2. The Kier molecular flexibility index (Phi) is 23.0. The molecule has 0 aromatic heterocycles. The minimum absolute atomic E-state index is 0. The molecule has 424 valence electrons. The van der Waals surface area contributed by atoms with Gasteiger partial charge in [0, 0.05) is 0 Å². The van der Waals surface area contributed by atoms with Crippen molar-refractivity contribution in [1.82, 2.24) is 0 Å². The fourth-order valence-corrected chi connectivity index (χ4v) is 12.4. The second-order valence-corrected chi connectivity index (χ2v) is 37.5. The van der Waals surface area contributed by atoms with Crippen LogP contribution in [0.25, 0.3) is 66.1 Å². The summed E-state index contributed by atoms with van der Waals surface area (Å²) in [5, 5.41) is 5.63. The topological polar surface area (TPSA) is 0 Å². The molecule has 2 aliphatic rings. The van der Waals surface area contributed by atoms with Gasteiger partial charge in [0.2, 0.25) is 0 Å². The van der Waals surface area contributed by atoms with E-state index in [1.165, 1.54) is 189 Å². The summed E-state index contributed by atoms with van der Waals surface area (Å²) in [4.78, 5) is 0. The molecule has 4 heteroatoms. The van der Waals surface area contributed by atoms with E-state index in [2.05, 4.69) is 242 Å². The molecular formula is C76H96Cl2SiZr-2. The Balaban J connectivity index is 0.000000236. The second kappa shape index (κ2) is 28.2. The van der Waals surface area contributed by atoms with Crippen LogP contribution >= 0.6 is 0 Å². The van der Waals surface area contributed by atoms with E-state index in [0.717, 1.165) is 11.8 Å². The minimum Gasteiger partial charge on any atom is -1.00 e. The van der Waals surface area contributed by atoms with Crippen molar-refractivity contribution in [3.05, 3.63) is 179 Å². The molecule has 2 fully saturated rings. The van der Waals surface area contributed by atoms with Crippen molar-refractivity contribution in [3.63, 3.8) is 0 Å². The molecular weight excluding hydrogens is 1100 g/mol. The van der Waals surface area contributed by atoms with Gasteiger partial charge in [-0.2, -0.15) is 12.1 Å². The van der Waals surface area contributed by atoms with Crippen molar-refractivity contribution < 1.29 is 48.1 Å². The normalized spacial score (nSPS) is 14.9. The Morgan fingerprint density at radius 3 is 0.825 bits per heavy atom. The van der Waals surface area contributed by atoms with Crippen molar-refractivity contribution in [3.8, 4) is 44.5 Å². The van der Waals surface area contributed by atoms with Crippen molar-refractivity contribution in [1.29, 1.82) is 0 Å². The van der Waals surface area contributed by atoms with Crippen LogP contribution in [-0.4, -0.2) is 5.43 Å². The van der Waals surface area contributed by atoms with Crippen LogP contribution in [-0.2, 0) is 57.8 Å². The van der Waals surface area contributed by atoms with Gasteiger partial charge in [-0.3, -0.25) is 0 Å². The van der Waals surface area contributed by atoms with Gasteiger partial charge in [-0.15, -0.1) is 44.8 Å². The number of hydrogen-bond acceptors (Lipinski definition) is 0. The quantitative estimate of drug-likeness (QED) is 0.0808. The zero-order valence-corrected chi connectivity index (χ0v) is 56.6. The van der Waals surface area contributed by atoms with Crippen molar-refractivity contribution in [2.24, 2.45) is 11.8 Å². The third kappa shape index (κ3) is 17.2. The average molecular weight is 1200 g/mol. The van der Waals surface area contributed by atoms with Crippen molar-refractivity contribution in [2.45, 2.75) is 208 Å².